The highest BCUT2D eigenvalue weighted by Crippen LogP contribution is 2.69. The van der Waals surface area contributed by atoms with E-state index >= 15 is 0 Å². The monoisotopic (exact) mass is 1010 g/mol. The molecule has 78 heavy (non-hydrogen) atoms. The Morgan fingerprint density at radius 3 is 2.15 bits per heavy atom. The van der Waals surface area contributed by atoms with Crippen LogP contribution >= 0.6 is 0 Å². The molecule has 0 aliphatic heterocycles. The van der Waals surface area contributed by atoms with E-state index in [1.165, 1.54) is 89.9 Å². The Labute approximate surface area is 464 Å². The second kappa shape index (κ2) is 16.9. The molecular weight excluding hydrogens is 937 g/mol. The minimum absolute atomic E-state index is 0.0396. The third-order valence-corrected chi connectivity index (χ3v) is 21.8. The van der Waals surface area contributed by atoms with Crippen LogP contribution in [-0.4, -0.2) is 0 Å². The van der Waals surface area contributed by atoms with E-state index in [0.717, 1.165) is 32.1 Å². The summed E-state index contributed by atoms with van der Waals surface area (Å²) in [4.78, 5) is 0. The lowest BCUT2D eigenvalue weighted by Crippen LogP contribution is -2.35. The zero-order valence-electron chi connectivity index (χ0n) is 46.9. The van der Waals surface area contributed by atoms with Gasteiger partial charge in [-0.1, -0.05) is 216 Å². The van der Waals surface area contributed by atoms with Gasteiger partial charge in [0.05, 0.1) is 5.41 Å². The van der Waals surface area contributed by atoms with Crippen molar-refractivity contribution < 1.29 is 0 Å². The fourth-order valence-corrected chi connectivity index (χ4v) is 18.6. The Morgan fingerprint density at radius 1 is 0.692 bits per heavy atom. The number of fused-ring (bicyclic) bond motifs is 20. The molecule has 2 spiro atoms. The van der Waals surface area contributed by atoms with Crippen molar-refractivity contribution in [3.8, 4) is 22.3 Å². The lowest BCUT2D eigenvalue weighted by molar-refractivity contribution is 0.244. The summed E-state index contributed by atoms with van der Waals surface area (Å²) in [6, 6.07) is 49.7. The Balaban J connectivity index is 0.804. The second-order valence-electron chi connectivity index (χ2n) is 25.7. The summed E-state index contributed by atoms with van der Waals surface area (Å²) in [6.45, 7) is 25.9. The highest BCUT2D eigenvalue weighted by atomic mass is 14.6. The van der Waals surface area contributed by atoms with E-state index in [1.54, 1.807) is 50.1 Å². The molecule has 9 aliphatic rings. The van der Waals surface area contributed by atoms with Crippen LogP contribution in [0.2, 0.25) is 0 Å². The van der Waals surface area contributed by atoms with Crippen LogP contribution in [0.5, 0.6) is 0 Å². The van der Waals surface area contributed by atoms with Gasteiger partial charge in [0.2, 0.25) is 0 Å². The first kappa shape index (κ1) is 47.9. The molecule has 0 radical (unpaired) electrons. The van der Waals surface area contributed by atoms with Crippen molar-refractivity contribution in [3.05, 3.63) is 290 Å². The zero-order chi connectivity index (χ0) is 53.2. The first-order valence-corrected chi connectivity index (χ1v) is 29.5. The molecule has 1 fully saturated rings. The third kappa shape index (κ3) is 5.97. The normalized spacial score (nSPS) is 29.6. The first-order valence-electron chi connectivity index (χ1n) is 29.5. The minimum atomic E-state index is -0.426. The summed E-state index contributed by atoms with van der Waals surface area (Å²) in [5.74, 6) is 2.27. The zero-order valence-corrected chi connectivity index (χ0v) is 46.9. The van der Waals surface area contributed by atoms with Gasteiger partial charge < -0.3 is 0 Å². The maximum Gasteiger partial charge on any atom is 0.0725 e. The van der Waals surface area contributed by atoms with E-state index in [1.807, 2.05) is 6.08 Å². The fourth-order valence-electron chi connectivity index (χ4n) is 18.6. The highest BCUT2D eigenvalue weighted by molar-refractivity contribution is 6.01. The first-order chi connectivity index (χ1) is 37.9. The van der Waals surface area contributed by atoms with Gasteiger partial charge in [0.15, 0.2) is 0 Å². The molecular formula is C78H72. The van der Waals surface area contributed by atoms with E-state index in [4.69, 9.17) is 0 Å². The Morgan fingerprint density at radius 2 is 1.38 bits per heavy atom. The van der Waals surface area contributed by atoms with Crippen LogP contribution < -0.4 is 0 Å². The number of aryl methyl sites for hydroxylation is 1. The molecule has 0 heterocycles. The molecule has 0 bridgehead atoms. The van der Waals surface area contributed by atoms with Gasteiger partial charge in [-0.15, -0.1) is 0 Å². The van der Waals surface area contributed by atoms with Gasteiger partial charge in [0.25, 0.3) is 0 Å². The van der Waals surface area contributed by atoms with Crippen molar-refractivity contribution in [2.24, 2.45) is 29.1 Å². The number of allylic oxidation sites excluding steroid dienone is 18. The van der Waals surface area contributed by atoms with Crippen molar-refractivity contribution in [2.75, 3.05) is 0 Å². The summed E-state index contributed by atoms with van der Waals surface area (Å²) in [5, 5.41) is 0. The highest BCUT2D eigenvalue weighted by Gasteiger charge is 2.60. The van der Waals surface area contributed by atoms with E-state index < -0.39 is 5.41 Å². The molecule has 7 atom stereocenters. The molecule has 0 aromatic heterocycles. The van der Waals surface area contributed by atoms with Crippen molar-refractivity contribution in [2.45, 2.75) is 109 Å². The molecule has 0 amide bonds. The fraction of sp³-hybridized carbons (Fsp3) is 0.282. The number of benzene rings is 6. The van der Waals surface area contributed by atoms with Gasteiger partial charge in [-0.3, -0.25) is 0 Å². The van der Waals surface area contributed by atoms with Crippen LogP contribution in [0.25, 0.3) is 39.0 Å². The third-order valence-electron chi connectivity index (χ3n) is 21.8. The molecule has 0 N–H and O–H groups in total. The largest absolute Gasteiger partial charge is 0.0991 e. The molecule has 6 aromatic rings. The SMILES string of the molecule is C=CC=C1/C(=C\C)c2ccccc2C12c1ccccc1-c1ccc(-c3cc(C)c4c(c3)C(C)(C)C3CC5C(=C(\C)C=C)/C(=C\CC6=CC7=C(CC6)c6ccccc6C76c7ccccc7C7C=CCCC76)C(C)(C)C5C=C43)cc12. The van der Waals surface area contributed by atoms with Crippen LogP contribution in [0.15, 0.2) is 229 Å². The molecule has 0 saturated heterocycles. The predicted molar refractivity (Wildman–Crippen MR) is 328 cm³/mol. The Kier molecular flexibility index (Phi) is 10.4. The number of hydrogen-bond donors (Lipinski definition) is 0. The second-order valence-corrected chi connectivity index (χ2v) is 25.7. The standard InChI is InChI=1S/C78H72/c1-10-23-61-51(12-3)52-24-13-18-29-62(52)77(61)65-32-21-17-28-56(65)58-38-36-49(42-71(58)77)50-40-47(5)74-60-45-68-59(44-69(60)76(8,9)72(74)43-50)73(46(4)11-2)67(75(68,6)7)39-35-48-34-37-57-55-27-16-22-33-66(55)78(70(57)41-48)63-30-19-14-25-53(63)54-26-15-20-31-64(54)78/h10-19,21-30,32-33,36,38-43,45,54,59,64,68-69H,1-2,20,31,34-35,37,44H2,3-9H3/b51-12-,61-23?,67-39+,73-46-. The molecule has 9 aliphatic carbocycles. The quantitative estimate of drug-likeness (QED) is 0.151. The summed E-state index contributed by atoms with van der Waals surface area (Å²) in [5.41, 5.74) is 34.1. The van der Waals surface area contributed by atoms with Crippen LogP contribution in [0, 0.1) is 36.0 Å². The maximum absolute atomic E-state index is 4.46. The average molecular weight is 1010 g/mol. The van der Waals surface area contributed by atoms with Gasteiger partial charge in [-0.2, -0.15) is 0 Å². The van der Waals surface area contributed by atoms with Crippen LogP contribution in [0.1, 0.15) is 147 Å². The molecule has 1 saturated carbocycles. The average Bonchev–Trinajstić information content (AvgIpc) is 4.26. The molecule has 7 unspecified atom stereocenters. The van der Waals surface area contributed by atoms with Crippen LogP contribution in [0.3, 0.4) is 0 Å². The van der Waals surface area contributed by atoms with E-state index in [2.05, 4.69) is 238 Å². The van der Waals surface area contributed by atoms with Crippen LogP contribution in [0.4, 0.5) is 0 Å². The predicted octanol–water partition coefficient (Wildman–Crippen LogP) is 19.8. The van der Waals surface area contributed by atoms with Crippen molar-refractivity contribution in [1.82, 2.24) is 0 Å². The van der Waals surface area contributed by atoms with Crippen molar-refractivity contribution in [1.29, 1.82) is 0 Å². The number of hydrogen-bond acceptors (Lipinski definition) is 0. The topological polar surface area (TPSA) is 0 Å². The summed E-state index contributed by atoms with van der Waals surface area (Å²) < 4.78 is 0. The van der Waals surface area contributed by atoms with Gasteiger partial charge in [0.1, 0.15) is 0 Å². The Hall–Kier alpha value is -7.28. The van der Waals surface area contributed by atoms with E-state index in [-0.39, 0.29) is 16.2 Å². The maximum atomic E-state index is 4.46. The molecule has 15 rings (SSSR count). The summed E-state index contributed by atoms with van der Waals surface area (Å²) in [7, 11) is 0. The summed E-state index contributed by atoms with van der Waals surface area (Å²) >= 11 is 0. The van der Waals surface area contributed by atoms with Gasteiger partial charge in [-0.25, -0.2) is 0 Å². The minimum Gasteiger partial charge on any atom is -0.0991 e. The van der Waals surface area contributed by atoms with Crippen LogP contribution in [-0.2, 0) is 16.2 Å². The number of rotatable bonds is 5. The lowest BCUT2D eigenvalue weighted by atomic mass is 9.62. The van der Waals surface area contributed by atoms with E-state index in [9.17, 15) is 0 Å². The molecule has 6 aromatic carbocycles. The molecule has 0 heteroatoms. The Bertz CT molecular complexity index is 3960. The molecule has 0 nitrogen and oxygen atoms in total. The van der Waals surface area contributed by atoms with E-state index in [0.29, 0.717) is 29.6 Å². The lowest BCUT2D eigenvalue weighted by Gasteiger charge is -2.39. The van der Waals surface area contributed by atoms with Gasteiger partial charge in [-0.05, 0) is 234 Å². The van der Waals surface area contributed by atoms with Gasteiger partial charge in [0, 0.05) is 11.3 Å². The van der Waals surface area contributed by atoms with Gasteiger partial charge >= 0.3 is 0 Å². The summed E-state index contributed by atoms with van der Waals surface area (Å²) in [6.07, 6.45) is 28.7. The molecule has 384 valence electrons. The van der Waals surface area contributed by atoms with Crippen molar-refractivity contribution >= 4 is 16.7 Å². The smallest absolute Gasteiger partial charge is 0.0725 e. The van der Waals surface area contributed by atoms with Crippen molar-refractivity contribution in [3.63, 3.8) is 0 Å².